The molecule has 27 heavy (non-hydrogen) atoms. The van der Waals surface area contributed by atoms with Crippen molar-refractivity contribution in [2.45, 2.75) is 0 Å². The van der Waals surface area contributed by atoms with Crippen molar-refractivity contribution in [3.63, 3.8) is 0 Å². The Kier molecular flexibility index (Phi) is 6.39. The molecule has 0 aliphatic carbocycles. The lowest BCUT2D eigenvalue weighted by Crippen LogP contribution is -2.19. The maximum Gasteiger partial charge on any atom is 0.282 e. The predicted molar refractivity (Wildman–Crippen MR) is 103 cm³/mol. The Morgan fingerprint density at radius 1 is 1.22 bits per heavy atom. The number of amides is 1. The summed E-state index contributed by atoms with van der Waals surface area (Å²) in [7, 11) is 3.83. The number of carbonyl (C=O) groups excluding carboxylic acids is 1. The number of benzene rings is 2. The first-order valence-corrected chi connectivity index (χ1v) is 7.88. The second-order valence-corrected chi connectivity index (χ2v) is 5.71. The van der Waals surface area contributed by atoms with Crippen molar-refractivity contribution in [3.05, 3.63) is 75.3 Å². The van der Waals surface area contributed by atoms with E-state index in [0.29, 0.717) is 11.1 Å². The van der Waals surface area contributed by atoms with Crippen molar-refractivity contribution in [2.24, 2.45) is 5.10 Å². The lowest BCUT2D eigenvalue weighted by molar-refractivity contribution is -0.384. The van der Waals surface area contributed by atoms with E-state index in [4.69, 9.17) is 0 Å². The van der Waals surface area contributed by atoms with Crippen LogP contribution in [0.25, 0.3) is 6.08 Å². The summed E-state index contributed by atoms with van der Waals surface area (Å²) in [5, 5.41) is 23.7. The van der Waals surface area contributed by atoms with Crippen LogP contribution >= 0.6 is 0 Å². The van der Waals surface area contributed by atoms with Crippen LogP contribution in [-0.4, -0.2) is 31.1 Å². The molecule has 136 valence electrons. The molecule has 2 aromatic carbocycles. The standard InChI is InChI=1S/C19H17N5O3/c1-23(2)17-8-6-14(7-9-17)10-16(12-20)19(25)22-21-13-15-4-3-5-18(11-15)24(26)27/h3-11,13H,1-2H3,(H,22,25)/b16-10-,21-13?. The number of carbonyl (C=O) groups is 1. The van der Waals surface area contributed by atoms with Crippen molar-refractivity contribution >= 4 is 29.6 Å². The van der Waals surface area contributed by atoms with Crippen molar-refractivity contribution in [1.29, 1.82) is 5.26 Å². The molecule has 0 fully saturated rings. The molecule has 0 atom stereocenters. The number of nitro benzene ring substituents is 1. The Balaban J connectivity index is 2.07. The zero-order chi connectivity index (χ0) is 19.8. The highest BCUT2D eigenvalue weighted by molar-refractivity contribution is 6.02. The topological polar surface area (TPSA) is 112 Å². The summed E-state index contributed by atoms with van der Waals surface area (Å²) in [6.45, 7) is 0. The number of rotatable bonds is 6. The number of hydrogen-bond donors (Lipinski definition) is 1. The third-order valence-electron chi connectivity index (χ3n) is 3.55. The number of nitrogens with zero attached hydrogens (tertiary/aromatic N) is 4. The smallest absolute Gasteiger partial charge is 0.282 e. The highest BCUT2D eigenvalue weighted by Gasteiger charge is 2.08. The van der Waals surface area contributed by atoms with Crippen LogP contribution in [0.15, 0.2) is 59.2 Å². The molecule has 0 saturated heterocycles. The molecule has 1 amide bonds. The molecule has 0 unspecified atom stereocenters. The quantitative estimate of drug-likeness (QED) is 0.279. The molecule has 0 aliphatic rings. The van der Waals surface area contributed by atoms with Gasteiger partial charge in [-0.25, -0.2) is 5.43 Å². The van der Waals surface area contributed by atoms with Crippen LogP contribution in [0.4, 0.5) is 11.4 Å². The van der Waals surface area contributed by atoms with Crippen LogP contribution in [0.2, 0.25) is 0 Å². The van der Waals surface area contributed by atoms with Gasteiger partial charge in [-0.15, -0.1) is 0 Å². The SMILES string of the molecule is CN(C)c1ccc(/C=C(/C#N)C(=O)NN=Cc2cccc([N+](=O)[O-])c2)cc1. The van der Waals surface area contributed by atoms with Crippen LogP contribution in [0.5, 0.6) is 0 Å². The Bertz CT molecular complexity index is 941. The van der Waals surface area contributed by atoms with E-state index in [2.05, 4.69) is 10.5 Å². The summed E-state index contributed by atoms with van der Waals surface area (Å²) >= 11 is 0. The average molecular weight is 363 g/mol. The van der Waals surface area contributed by atoms with Gasteiger partial charge in [0.05, 0.1) is 11.1 Å². The molecule has 0 heterocycles. The average Bonchev–Trinajstić information content (AvgIpc) is 2.66. The van der Waals surface area contributed by atoms with Crippen molar-refractivity contribution < 1.29 is 9.72 Å². The number of hydrogen-bond acceptors (Lipinski definition) is 6. The fourth-order valence-corrected chi connectivity index (χ4v) is 2.13. The lowest BCUT2D eigenvalue weighted by atomic mass is 10.1. The second kappa shape index (κ2) is 8.92. The van der Waals surface area contributed by atoms with Gasteiger partial charge in [-0.3, -0.25) is 14.9 Å². The van der Waals surface area contributed by atoms with E-state index in [1.807, 2.05) is 37.2 Å². The third kappa shape index (κ3) is 5.51. The summed E-state index contributed by atoms with van der Waals surface area (Å²) in [5.41, 5.74) is 4.21. The van der Waals surface area contributed by atoms with E-state index < -0.39 is 10.8 Å². The third-order valence-corrected chi connectivity index (χ3v) is 3.55. The Hall–Kier alpha value is -3.99. The second-order valence-electron chi connectivity index (χ2n) is 5.71. The van der Waals surface area contributed by atoms with Crippen LogP contribution < -0.4 is 10.3 Å². The van der Waals surface area contributed by atoms with E-state index >= 15 is 0 Å². The fourth-order valence-electron chi connectivity index (χ4n) is 2.13. The van der Waals surface area contributed by atoms with Crippen LogP contribution in [0, 0.1) is 21.4 Å². The van der Waals surface area contributed by atoms with Crippen molar-refractivity contribution in [1.82, 2.24) is 5.43 Å². The number of nitro groups is 1. The molecule has 0 saturated carbocycles. The number of nitrogens with one attached hydrogen (secondary N) is 1. The molecule has 1 N–H and O–H groups in total. The van der Waals surface area contributed by atoms with E-state index in [9.17, 15) is 20.2 Å². The van der Waals surface area contributed by atoms with Gasteiger partial charge in [0.1, 0.15) is 11.6 Å². The predicted octanol–water partition coefficient (Wildman–Crippen LogP) is 2.72. The van der Waals surface area contributed by atoms with Gasteiger partial charge in [-0.05, 0) is 23.8 Å². The fraction of sp³-hybridized carbons (Fsp3) is 0.105. The van der Waals surface area contributed by atoms with Gasteiger partial charge < -0.3 is 4.90 Å². The van der Waals surface area contributed by atoms with E-state index in [1.54, 1.807) is 18.2 Å². The highest BCUT2D eigenvalue weighted by atomic mass is 16.6. The van der Waals surface area contributed by atoms with Crippen LogP contribution in [0.3, 0.4) is 0 Å². The maximum atomic E-state index is 12.1. The molecule has 0 spiro atoms. The van der Waals surface area contributed by atoms with E-state index in [0.717, 1.165) is 5.69 Å². The van der Waals surface area contributed by atoms with Crippen molar-refractivity contribution in [2.75, 3.05) is 19.0 Å². The molecular weight excluding hydrogens is 346 g/mol. The lowest BCUT2D eigenvalue weighted by Gasteiger charge is -2.11. The molecule has 0 aromatic heterocycles. The molecule has 2 aromatic rings. The molecule has 0 bridgehead atoms. The Morgan fingerprint density at radius 2 is 1.93 bits per heavy atom. The largest absolute Gasteiger partial charge is 0.378 e. The number of hydrazone groups is 1. The monoisotopic (exact) mass is 363 g/mol. The number of nitriles is 1. The van der Waals surface area contributed by atoms with Gasteiger partial charge in [0, 0.05) is 37.5 Å². The van der Waals surface area contributed by atoms with E-state index in [-0.39, 0.29) is 11.3 Å². The number of non-ortho nitro benzene ring substituents is 1. The summed E-state index contributed by atoms with van der Waals surface area (Å²) in [6.07, 6.45) is 2.73. The molecular formula is C19H17N5O3. The normalized spacial score (nSPS) is 11.1. The molecule has 0 radical (unpaired) electrons. The van der Waals surface area contributed by atoms with Crippen molar-refractivity contribution in [3.8, 4) is 6.07 Å². The van der Waals surface area contributed by atoms with Gasteiger partial charge in [0.25, 0.3) is 11.6 Å². The first-order chi connectivity index (χ1) is 12.9. The first-order valence-electron chi connectivity index (χ1n) is 7.88. The van der Waals surface area contributed by atoms with Gasteiger partial charge in [0.2, 0.25) is 0 Å². The van der Waals surface area contributed by atoms with Gasteiger partial charge in [-0.2, -0.15) is 10.4 Å². The minimum atomic E-state index is -0.670. The molecule has 8 nitrogen and oxygen atoms in total. The zero-order valence-corrected chi connectivity index (χ0v) is 14.8. The Labute approximate surface area is 156 Å². The first kappa shape index (κ1) is 19.3. The van der Waals surface area contributed by atoms with Crippen LogP contribution in [0.1, 0.15) is 11.1 Å². The summed E-state index contributed by atoms with van der Waals surface area (Å²) in [5.74, 6) is -0.670. The minimum Gasteiger partial charge on any atom is -0.378 e. The van der Waals surface area contributed by atoms with Gasteiger partial charge in [-0.1, -0.05) is 24.3 Å². The molecule has 8 heteroatoms. The number of anilines is 1. The zero-order valence-electron chi connectivity index (χ0n) is 14.8. The minimum absolute atomic E-state index is 0.0796. The Morgan fingerprint density at radius 3 is 2.52 bits per heavy atom. The molecule has 2 rings (SSSR count). The van der Waals surface area contributed by atoms with Crippen LogP contribution in [-0.2, 0) is 4.79 Å². The van der Waals surface area contributed by atoms with E-state index in [1.165, 1.54) is 30.5 Å². The summed E-state index contributed by atoms with van der Waals surface area (Å²) < 4.78 is 0. The summed E-state index contributed by atoms with van der Waals surface area (Å²) in [6, 6.07) is 15.0. The maximum absolute atomic E-state index is 12.1. The highest BCUT2D eigenvalue weighted by Crippen LogP contribution is 2.15. The molecule has 0 aliphatic heterocycles. The summed E-state index contributed by atoms with van der Waals surface area (Å²) in [4.78, 5) is 24.2. The van der Waals surface area contributed by atoms with Gasteiger partial charge >= 0.3 is 0 Å². The van der Waals surface area contributed by atoms with Gasteiger partial charge in [0.15, 0.2) is 0 Å².